The van der Waals surface area contributed by atoms with Gasteiger partial charge in [0.05, 0.1) is 0 Å². The van der Waals surface area contributed by atoms with E-state index >= 15 is 0 Å². The van der Waals surface area contributed by atoms with E-state index in [0.29, 0.717) is 12.3 Å². The first-order chi connectivity index (χ1) is 7.79. The molecule has 0 bridgehead atoms. The Kier molecular flexibility index (Phi) is 3.42. The minimum atomic E-state index is -0.0507. The van der Waals surface area contributed by atoms with Crippen LogP contribution in [-0.2, 0) is 4.79 Å². The van der Waals surface area contributed by atoms with Gasteiger partial charge in [0.25, 0.3) is 0 Å². The maximum atomic E-state index is 11.4. The molecule has 2 aromatic carbocycles. The second kappa shape index (κ2) is 4.99. The predicted molar refractivity (Wildman–Crippen MR) is 67.9 cm³/mol. The Morgan fingerprint density at radius 3 is 2.62 bits per heavy atom. The van der Waals surface area contributed by atoms with Crippen LogP contribution in [0.25, 0.3) is 10.8 Å². The molecule has 0 aliphatic rings. The summed E-state index contributed by atoms with van der Waals surface area (Å²) in [4.78, 5) is 11.4. The van der Waals surface area contributed by atoms with Gasteiger partial charge in [0.2, 0.25) is 5.91 Å². The van der Waals surface area contributed by atoms with Crippen molar-refractivity contribution in [2.75, 3.05) is 11.2 Å². The first-order valence-corrected chi connectivity index (χ1v) is 5.67. The van der Waals surface area contributed by atoms with Crippen LogP contribution in [0.2, 0.25) is 0 Å². The van der Waals surface area contributed by atoms with Crippen LogP contribution in [0.1, 0.15) is 6.42 Å². The van der Waals surface area contributed by atoms with E-state index in [1.807, 2.05) is 42.5 Å². The quantitative estimate of drug-likeness (QED) is 0.809. The van der Waals surface area contributed by atoms with Crippen LogP contribution in [0.15, 0.2) is 42.5 Å². The molecule has 82 valence electrons. The lowest BCUT2D eigenvalue weighted by molar-refractivity contribution is -0.115. The molecule has 0 saturated heterocycles. The molecule has 0 atom stereocenters. The Balaban J connectivity index is 2.22. The summed E-state index contributed by atoms with van der Waals surface area (Å²) < 4.78 is 0. The van der Waals surface area contributed by atoms with E-state index in [9.17, 15) is 4.79 Å². The highest BCUT2D eigenvalue weighted by molar-refractivity contribution is 6.19. The van der Waals surface area contributed by atoms with Gasteiger partial charge < -0.3 is 5.32 Å². The van der Waals surface area contributed by atoms with E-state index in [-0.39, 0.29) is 5.91 Å². The molecule has 3 heteroatoms. The molecule has 0 spiro atoms. The highest BCUT2D eigenvalue weighted by Crippen LogP contribution is 2.18. The Morgan fingerprint density at radius 2 is 1.88 bits per heavy atom. The SMILES string of the molecule is O=C(CCCl)Nc1ccc2ccccc2c1. The average Bonchev–Trinajstić information content (AvgIpc) is 2.29. The number of alkyl halides is 1. The number of rotatable bonds is 3. The molecule has 2 aromatic rings. The van der Waals surface area contributed by atoms with Crippen molar-refractivity contribution >= 4 is 34.0 Å². The van der Waals surface area contributed by atoms with Crippen LogP contribution < -0.4 is 5.32 Å². The fraction of sp³-hybridized carbons (Fsp3) is 0.154. The van der Waals surface area contributed by atoms with Crippen molar-refractivity contribution in [1.29, 1.82) is 0 Å². The van der Waals surface area contributed by atoms with Gasteiger partial charge in [0.15, 0.2) is 0 Å². The summed E-state index contributed by atoms with van der Waals surface area (Å²) in [6.45, 7) is 0. The molecule has 2 rings (SSSR count). The summed E-state index contributed by atoms with van der Waals surface area (Å²) in [6, 6.07) is 13.9. The van der Waals surface area contributed by atoms with E-state index in [4.69, 9.17) is 11.6 Å². The van der Waals surface area contributed by atoms with Crippen LogP contribution in [0.5, 0.6) is 0 Å². The summed E-state index contributed by atoms with van der Waals surface area (Å²) in [7, 11) is 0. The van der Waals surface area contributed by atoms with Gasteiger partial charge in [0, 0.05) is 18.0 Å². The fourth-order valence-corrected chi connectivity index (χ4v) is 1.75. The Bertz CT molecular complexity index is 510. The summed E-state index contributed by atoms with van der Waals surface area (Å²) in [5.41, 5.74) is 0.814. The molecule has 0 aliphatic carbocycles. The minimum Gasteiger partial charge on any atom is -0.326 e. The molecule has 0 radical (unpaired) electrons. The van der Waals surface area contributed by atoms with Gasteiger partial charge in [-0.1, -0.05) is 30.3 Å². The van der Waals surface area contributed by atoms with E-state index in [0.717, 1.165) is 16.5 Å². The molecule has 0 aromatic heterocycles. The molecular formula is C13H12ClNO. The van der Waals surface area contributed by atoms with E-state index < -0.39 is 0 Å². The Labute approximate surface area is 99.2 Å². The number of fused-ring (bicyclic) bond motifs is 1. The lowest BCUT2D eigenvalue weighted by Crippen LogP contribution is -2.11. The molecule has 0 aliphatic heterocycles. The van der Waals surface area contributed by atoms with E-state index in [2.05, 4.69) is 5.32 Å². The normalized spacial score (nSPS) is 10.3. The van der Waals surface area contributed by atoms with E-state index in [1.165, 1.54) is 0 Å². The summed E-state index contributed by atoms with van der Waals surface area (Å²) in [5, 5.41) is 5.09. The molecular weight excluding hydrogens is 222 g/mol. The number of hydrogen-bond acceptors (Lipinski definition) is 1. The summed E-state index contributed by atoms with van der Waals surface area (Å²) in [5.74, 6) is 0.296. The first kappa shape index (κ1) is 11.0. The number of hydrogen-bond donors (Lipinski definition) is 1. The third-order valence-corrected chi connectivity index (χ3v) is 2.54. The van der Waals surface area contributed by atoms with Gasteiger partial charge in [-0.05, 0) is 22.9 Å². The standard InChI is InChI=1S/C13H12ClNO/c14-8-7-13(16)15-12-6-5-10-3-1-2-4-11(10)9-12/h1-6,9H,7-8H2,(H,15,16). The van der Waals surface area contributed by atoms with Crippen molar-refractivity contribution in [2.24, 2.45) is 0 Å². The topological polar surface area (TPSA) is 29.1 Å². The van der Waals surface area contributed by atoms with Gasteiger partial charge in [-0.15, -0.1) is 11.6 Å². The highest BCUT2D eigenvalue weighted by atomic mass is 35.5. The van der Waals surface area contributed by atoms with Crippen molar-refractivity contribution < 1.29 is 4.79 Å². The number of anilines is 1. The molecule has 0 fully saturated rings. The molecule has 1 N–H and O–H groups in total. The Hall–Kier alpha value is -1.54. The van der Waals surface area contributed by atoms with Crippen LogP contribution >= 0.6 is 11.6 Å². The van der Waals surface area contributed by atoms with Crippen molar-refractivity contribution in [3.05, 3.63) is 42.5 Å². The van der Waals surface area contributed by atoms with Gasteiger partial charge in [-0.2, -0.15) is 0 Å². The maximum Gasteiger partial charge on any atom is 0.225 e. The number of carbonyl (C=O) groups is 1. The van der Waals surface area contributed by atoms with Crippen LogP contribution in [0.3, 0.4) is 0 Å². The van der Waals surface area contributed by atoms with Crippen LogP contribution in [0.4, 0.5) is 5.69 Å². The van der Waals surface area contributed by atoms with Crippen LogP contribution in [-0.4, -0.2) is 11.8 Å². The monoisotopic (exact) mass is 233 g/mol. The van der Waals surface area contributed by atoms with Gasteiger partial charge >= 0.3 is 0 Å². The van der Waals surface area contributed by atoms with Gasteiger partial charge in [-0.25, -0.2) is 0 Å². The number of amides is 1. The fourth-order valence-electron chi connectivity index (χ4n) is 1.58. The highest BCUT2D eigenvalue weighted by Gasteiger charge is 2.01. The molecule has 1 amide bonds. The Morgan fingerprint density at radius 1 is 1.12 bits per heavy atom. The third-order valence-electron chi connectivity index (χ3n) is 2.35. The lowest BCUT2D eigenvalue weighted by atomic mass is 10.1. The molecule has 16 heavy (non-hydrogen) atoms. The number of halogens is 1. The minimum absolute atomic E-state index is 0.0507. The third kappa shape index (κ3) is 2.52. The summed E-state index contributed by atoms with van der Waals surface area (Å²) in [6.07, 6.45) is 0.342. The second-order valence-electron chi connectivity index (χ2n) is 3.55. The van der Waals surface area contributed by atoms with Crippen molar-refractivity contribution in [1.82, 2.24) is 0 Å². The van der Waals surface area contributed by atoms with Crippen LogP contribution in [0, 0.1) is 0 Å². The second-order valence-corrected chi connectivity index (χ2v) is 3.93. The summed E-state index contributed by atoms with van der Waals surface area (Å²) >= 11 is 5.50. The zero-order valence-corrected chi connectivity index (χ0v) is 9.50. The predicted octanol–water partition coefficient (Wildman–Crippen LogP) is 3.41. The van der Waals surface area contributed by atoms with E-state index in [1.54, 1.807) is 0 Å². The van der Waals surface area contributed by atoms with Gasteiger partial charge in [-0.3, -0.25) is 4.79 Å². The van der Waals surface area contributed by atoms with Crippen molar-refractivity contribution in [3.63, 3.8) is 0 Å². The smallest absolute Gasteiger partial charge is 0.225 e. The molecule has 0 heterocycles. The number of carbonyl (C=O) groups excluding carboxylic acids is 1. The molecule has 0 unspecified atom stereocenters. The number of nitrogens with one attached hydrogen (secondary N) is 1. The maximum absolute atomic E-state index is 11.4. The van der Waals surface area contributed by atoms with Crippen molar-refractivity contribution in [3.8, 4) is 0 Å². The first-order valence-electron chi connectivity index (χ1n) is 5.14. The number of benzene rings is 2. The molecule has 0 saturated carbocycles. The zero-order chi connectivity index (χ0) is 11.4. The van der Waals surface area contributed by atoms with Gasteiger partial charge in [0.1, 0.15) is 0 Å². The lowest BCUT2D eigenvalue weighted by Gasteiger charge is -2.05. The zero-order valence-electron chi connectivity index (χ0n) is 8.74. The van der Waals surface area contributed by atoms with Crippen molar-refractivity contribution in [2.45, 2.75) is 6.42 Å². The molecule has 2 nitrogen and oxygen atoms in total. The average molecular weight is 234 g/mol. The largest absolute Gasteiger partial charge is 0.326 e.